The lowest BCUT2D eigenvalue weighted by atomic mass is 9.80. The number of hydrogen-bond acceptors (Lipinski definition) is 2. The average molecular weight is 154 g/mol. The van der Waals surface area contributed by atoms with E-state index in [2.05, 4.69) is 31.1 Å². The Hall–Kier alpha value is -0.860. The molecule has 0 spiro atoms. The number of rotatable bonds is 0. The number of nitrogens with one attached hydrogen (secondary N) is 1. The van der Waals surface area contributed by atoms with Crippen LogP contribution in [0.1, 0.15) is 20.8 Å². The lowest BCUT2D eigenvalue weighted by Gasteiger charge is -2.29. The molecule has 3 heteroatoms. The molecule has 11 heavy (non-hydrogen) atoms. The summed E-state index contributed by atoms with van der Waals surface area (Å²) >= 11 is 0. The minimum absolute atomic E-state index is 0.00347. The molecule has 0 aliphatic carbocycles. The van der Waals surface area contributed by atoms with E-state index >= 15 is 0 Å². The molecule has 1 aliphatic heterocycles. The molecule has 1 unspecified atom stereocenters. The summed E-state index contributed by atoms with van der Waals surface area (Å²) in [4.78, 5) is 14.9. The van der Waals surface area contributed by atoms with Crippen LogP contribution in [0, 0.1) is 11.3 Å². The second-order valence-corrected chi connectivity index (χ2v) is 3.92. The normalized spacial score (nSPS) is 25.0. The number of carbonyl (C=O) groups is 1. The van der Waals surface area contributed by atoms with E-state index in [1.807, 2.05) is 0 Å². The van der Waals surface area contributed by atoms with Crippen molar-refractivity contribution >= 4 is 12.2 Å². The Morgan fingerprint density at radius 2 is 2.27 bits per heavy atom. The van der Waals surface area contributed by atoms with Crippen molar-refractivity contribution in [2.24, 2.45) is 16.3 Å². The topological polar surface area (TPSA) is 41.5 Å². The largest absolute Gasteiger partial charge is 0.375 e. The van der Waals surface area contributed by atoms with Crippen LogP contribution in [0.25, 0.3) is 0 Å². The highest BCUT2D eigenvalue weighted by molar-refractivity contribution is 5.89. The number of carbonyl (C=O) groups excluding carboxylic acids is 1. The first kappa shape index (κ1) is 8.24. The molecule has 1 N–H and O–H groups in total. The zero-order chi connectivity index (χ0) is 8.48. The van der Waals surface area contributed by atoms with Crippen molar-refractivity contribution < 1.29 is 4.79 Å². The van der Waals surface area contributed by atoms with E-state index in [4.69, 9.17) is 0 Å². The second-order valence-electron chi connectivity index (χ2n) is 3.92. The Morgan fingerprint density at radius 3 is 2.64 bits per heavy atom. The Labute approximate surface area is 66.9 Å². The van der Waals surface area contributed by atoms with Crippen molar-refractivity contribution in [3.05, 3.63) is 0 Å². The van der Waals surface area contributed by atoms with Crippen LogP contribution < -0.4 is 5.32 Å². The van der Waals surface area contributed by atoms with Crippen LogP contribution in [0.5, 0.6) is 0 Å². The maximum Gasteiger partial charge on any atom is 0.252 e. The van der Waals surface area contributed by atoms with Crippen molar-refractivity contribution in [3.63, 3.8) is 0 Å². The molecule has 1 amide bonds. The van der Waals surface area contributed by atoms with Crippen molar-refractivity contribution in [3.8, 4) is 0 Å². The monoisotopic (exact) mass is 154 g/mol. The van der Waals surface area contributed by atoms with Gasteiger partial charge < -0.3 is 5.32 Å². The molecular weight excluding hydrogens is 140 g/mol. The number of aliphatic imine (C=N–C) groups is 1. The highest BCUT2D eigenvalue weighted by Crippen LogP contribution is 2.27. The molecular formula is C8H14N2O. The van der Waals surface area contributed by atoms with Crippen molar-refractivity contribution in [1.29, 1.82) is 0 Å². The van der Waals surface area contributed by atoms with Gasteiger partial charge in [0.2, 0.25) is 0 Å². The predicted molar refractivity (Wildman–Crippen MR) is 44.4 cm³/mol. The van der Waals surface area contributed by atoms with Gasteiger partial charge in [0, 0.05) is 6.54 Å². The maximum absolute atomic E-state index is 11.2. The van der Waals surface area contributed by atoms with Gasteiger partial charge in [-0.15, -0.1) is 0 Å². The summed E-state index contributed by atoms with van der Waals surface area (Å²) < 4.78 is 0. The smallest absolute Gasteiger partial charge is 0.252 e. The molecule has 0 aromatic carbocycles. The summed E-state index contributed by atoms with van der Waals surface area (Å²) in [7, 11) is 0. The summed E-state index contributed by atoms with van der Waals surface area (Å²) in [5, 5.41) is 2.96. The van der Waals surface area contributed by atoms with Gasteiger partial charge in [0.05, 0.1) is 12.3 Å². The molecule has 0 aromatic heterocycles. The van der Waals surface area contributed by atoms with Gasteiger partial charge >= 0.3 is 0 Å². The first-order chi connectivity index (χ1) is 5.02. The maximum atomic E-state index is 11.2. The van der Waals surface area contributed by atoms with Gasteiger partial charge in [-0.05, 0) is 5.41 Å². The van der Waals surface area contributed by atoms with Crippen molar-refractivity contribution in [2.45, 2.75) is 20.8 Å². The average Bonchev–Trinajstić information content (AvgIpc) is 1.86. The molecule has 1 atom stereocenters. The Bertz CT molecular complexity index is 191. The summed E-state index contributed by atoms with van der Waals surface area (Å²) in [5.74, 6) is 0.0174. The fourth-order valence-electron chi connectivity index (χ4n) is 1.13. The molecule has 0 aromatic rings. The third-order valence-electron chi connectivity index (χ3n) is 1.95. The highest BCUT2D eigenvalue weighted by atomic mass is 16.1. The minimum Gasteiger partial charge on any atom is -0.375 e. The van der Waals surface area contributed by atoms with Crippen LogP contribution in [-0.2, 0) is 4.79 Å². The van der Waals surface area contributed by atoms with E-state index in [-0.39, 0.29) is 17.2 Å². The quantitative estimate of drug-likeness (QED) is 0.561. The second kappa shape index (κ2) is 2.64. The first-order valence-corrected chi connectivity index (χ1v) is 3.81. The summed E-state index contributed by atoms with van der Waals surface area (Å²) in [6.45, 7) is 6.88. The molecule has 0 radical (unpaired) electrons. The van der Waals surface area contributed by atoms with Crippen molar-refractivity contribution in [2.75, 3.05) is 6.54 Å². The molecule has 1 heterocycles. The van der Waals surface area contributed by atoms with Crippen LogP contribution in [-0.4, -0.2) is 18.8 Å². The first-order valence-electron chi connectivity index (χ1n) is 3.81. The predicted octanol–water partition coefficient (Wildman–Crippen LogP) is 0.807. The zero-order valence-electron chi connectivity index (χ0n) is 7.22. The van der Waals surface area contributed by atoms with Gasteiger partial charge in [0.1, 0.15) is 0 Å². The van der Waals surface area contributed by atoms with E-state index in [9.17, 15) is 4.79 Å². The van der Waals surface area contributed by atoms with E-state index in [0.717, 1.165) is 0 Å². The van der Waals surface area contributed by atoms with Crippen LogP contribution >= 0.6 is 0 Å². The third-order valence-corrected chi connectivity index (χ3v) is 1.95. The Morgan fingerprint density at radius 1 is 1.64 bits per heavy atom. The standard InChI is InChI=1S/C8H14N2O/c1-8(2,3)6-4-9-5-10-7(6)11/h5-6H,4H2,1-3H3,(H,9,10,11). The van der Waals surface area contributed by atoms with Gasteiger partial charge in [-0.2, -0.15) is 0 Å². The van der Waals surface area contributed by atoms with Crippen LogP contribution in [0.15, 0.2) is 4.99 Å². The van der Waals surface area contributed by atoms with Gasteiger partial charge in [0.15, 0.2) is 0 Å². The van der Waals surface area contributed by atoms with Gasteiger partial charge in [-0.1, -0.05) is 20.8 Å². The fraction of sp³-hybridized carbons (Fsp3) is 0.750. The summed E-state index contributed by atoms with van der Waals surface area (Å²) in [6, 6.07) is 0. The molecule has 0 saturated carbocycles. The van der Waals surface area contributed by atoms with Gasteiger partial charge in [0.25, 0.3) is 5.91 Å². The van der Waals surface area contributed by atoms with E-state index < -0.39 is 0 Å². The molecule has 3 nitrogen and oxygen atoms in total. The van der Waals surface area contributed by atoms with Crippen LogP contribution in [0.3, 0.4) is 0 Å². The third kappa shape index (κ3) is 1.79. The van der Waals surface area contributed by atoms with Crippen LogP contribution in [0.2, 0.25) is 0 Å². The SMILES string of the molecule is CC(C)(C)C1CNC=NC1=O. The Balaban J connectivity index is 2.74. The van der Waals surface area contributed by atoms with Crippen LogP contribution in [0.4, 0.5) is 0 Å². The zero-order valence-corrected chi connectivity index (χ0v) is 7.22. The molecule has 1 aliphatic rings. The van der Waals surface area contributed by atoms with E-state index in [1.54, 1.807) is 0 Å². The van der Waals surface area contributed by atoms with E-state index in [1.165, 1.54) is 6.34 Å². The molecule has 0 fully saturated rings. The lowest BCUT2D eigenvalue weighted by Crippen LogP contribution is -2.40. The summed E-state index contributed by atoms with van der Waals surface area (Å²) in [6.07, 6.45) is 1.48. The highest BCUT2D eigenvalue weighted by Gasteiger charge is 2.31. The number of amides is 1. The fourth-order valence-corrected chi connectivity index (χ4v) is 1.13. The van der Waals surface area contributed by atoms with Crippen molar-refractivity contribution in [1.82, 2.24) is 5.32 Å². The van der Waals surface area contributed by atoms with E-state index in [0.29, 0.717) is 6.54 Å². The molecule has 1 rings (SSSR count). The molecule has 0 bridgehead atoms. The lowest BCUT2D eigenvalue weighted by molar-refractivity contribution is -0.124. The number of nitrogens with zero attached hydrogens (tertiary/aromatic N) is 1. The minimum atomic E-state index is -0.00347. The molecule has 62 valence electrons. The summed E-state index contributed by atoms with van der Waals surface area (Å²) in [5.41, 5.74) is 0.0157. The van der Waals surface area contributed by atoms with Gasteiger partial charge in [-0.25, -0.2) is 4.99 Å². The number of hydrogen-bond donors (Lipinski definition) is 1. The molecule has 0 saturated heterocycles. The Kier molecular flexibility index (Phi) is 1.98. The van der Waals surface area contributed by atoms with Gasteiger partial charge in [-0.3, -0.25) is 4.79 Å².